The molecular formula is C12H11F2N3. The third-order valence-electron chi connectivity index (χ3n) is 2.42. The Bertz CT molecular complexity index is 502. The highest BCUT2D eigenvalue weighted by molar-refractivity contribution is 5.29. The average Bonchev–Trinajstić information content (AvgIpc) is 2.34. The van der Waals surface area contributed by atoms with Gasteiger partial charge < -0.3 is 0 Å². The summed E-state index contributed by atoms with van der Waals surface area (Å²) in [6.07, 6.45) is 1.58. The van der Waals surface area contributed by atoms with Crippen LogP contribution in [0.4, 0.5) is 8.78 Å². The van der Waals surface area contributed by atoms with E-state index < -0.39 is 17.7 Å². The number of hydrogen-bond acceptors (Lipinski definition) is 3. The third kappa shape index (κ3) is 2.46. The van der Waals surface area contributed by atoms with Crippen molar-refractivity contribution in [2.24, 2.45) is 5.84 Å². The van der Waals surface area contributed by atoms with E-state index in [2.05, 4.69) is 10.4 Å². The molecule has 5 heteroatoms. The van der Waals surface area contributed by atoms with Crippen molar-refractivity contribution in [3.63, 3.8) is 0 Å². The molecule has 0 radical (unpaired) electrons. The first-order valence-corrected chi connectivity index (χ1v) is 5.04. The van der Waals surface area contributed by atoms with E-state index in [0.29, 0.717) is 5.69 Å². The van der Waals surface area contributed by atoms with Crippen molar-refractivity contribution in [3.8, 4) is 0 Å². The molecular weight excluding hydrogens is 224 g/mol. The normalized spacial score (nSPS) is 12.4. The third-order valence-corrected chi connectivity index (χ3v) is 2.42. The Morgan fingerprint density at radius 2 is 2.00 bits per heavy atom. The average molecular weight is 235 g/mol. The van der Waals surface area contributed by atoms with Crippen molar-refractivity contribution < 1.29 is 8.78 Å². The van der Waals surface area contributed by atoms with E-state index in [1.54, 1.807) is 24.4 Å². The van der Waals surface area contributed by atoms with E-state index in [4.69, 9.17) is 5.84 Å². The highest BCUT2D eigenvalue weighted by atomic mass is 19.1. The summed E-state index contributed by atoms with van der Waals surface area (Å²) < 4.78 is 26.4. The lowest BCUT2D eigenvalue weighted by Gasteiger charge is -2.16. The van der Waals surface area contributed by atoms with Crippen LogP contribution in [-0.2, 0) is 0 Å². The van der Waals surface area contributed by atoms with E-state index in [-0.39, 0.29) is 5.56 Å². The molecule has 0 spiro atoms. The highest BCUT2D eigenvalue weighted by Gasteiger charge is 2.17. The van der Waals surface area contributed by atoms with E-state index >= 15 is 0 Å². The Balaban J connectivity index is 2.42. The summed E-state index contributed by atoms with van der Waals surface area (Å²) in [6, 6.07) is 7.99. The SMILES string of the molecule is NNC(c1ccccn1)c1ccc(F)cc1F. The summed E-state index contributed by atoms with van der Waals surface area (Å²) in [6.45, 7) is 0. The molecule has 2 aromatic rings. The molecule has 3 N–H and O–H groups in total. The van der Waals surface area contributed by atoms with Crippen molar-refractivity contribution in [1.82, 2.24) is 10.4 Å². The minimum atomic E-state index is -0.654. The Hall–Kier alpha value is -1.85. The second-order valence-electron chi connectivity index (χ2n) is 3.52. The zero-order chi connectivity index (χ0) is 12.3. The van der Waals surface area contributed by atoms with Gasteiger partial charge in [0.1, 0.15) is 11.6 Å². The Labute approximate surface area is 97.3 Å². The van der Waals surface area contributed by atoms with Gasteiger partial charge in [-0.3, -0.25) is 10.8 Å². The second-order valence-corrected chi connectivity index (χ2v) is 3.52. The number of nitrogens with one attached hydrogen (secondary N) is 1. The largest absolute Gasteiger partial charge is 0.271 e. The van der Waals surface area contributed by atoms with Gasteiger partial charge in [0, 0.05) is 17.8 Å². The van der Waals surface area contributed by atoms with E-state index in [9.17, 15) is 8.78 Å². The first kappa shape index (κ1) is 11.6. The summed E-state index contributed by atoms with van der Waals surface area (Å²) >= 11 is 0. The standard InChI is InChI=1S/C12H11F2N3/c13-8-4-5-9(10(14)7-8)12(17-15)11-3-1-2-6-16-11/h1-7,12,17H,15H2. The Kier molecular flexibility index (Phi) is 3.41. The van der Waals surface area contributed by atoms with Gasteiger partial charge in [-0.15, -0.1) is 0 Å². The molecule has 1 aromatic heterocycles. The predicted molar refractivity (Wildman–Crippen MR) is 59.8 cm³/mol. The van der Waals surface area contributed by atoms with Gasteiger partial charge >= 0.3 is 0 Å². The summed E-state index contributed by atoms with van der Waals surface area (Å²) in [5, 5.41) is 0. The topological polar surface area (TPSA) is 50.9 Å². The number of hydrogen-bond donors (Lipinski definition) is 2. The van der Waals surface area contributed by atoms with Gasteiger partial charge in [-0.25, -0.2) is 14.2 Å². The fourth-order valence-electron chi connectivity index (χ4n) is 1.62. The highest BCUT2D eigenvalue weighted by Crippen LogP contribution is 2.22. The molecule has 0 fully saturated rings. The molecule has 0 aliphatic carbocycles. The van der Waals surface area contributed by atoms with Gasteiger partial charge in [0.25, 0.3) is 0 Å². The Morgan fingerprint density at radius 3 is 2.59 bits per heavy atom. The van der Waals surface area contributed by atoms with Gasteiger partial charge in [-0.1, -0.05) is 12.1 Å². The molecule has 17 heavy (non-hydrogen) atoms. The van der Waals surface area contributed by atoms with Gasteiger partial charge in [0.2, 0.25) is 0 Å². The predicted octanol–water partition coefficient (Wildman–Crippen LogP) is 1.91. The van der Waals surface area contributed by atoms with Crippen molar-refractivity contribution >= 4 is 0 Å². The van der Waals surface area contributed by atoms with Crippen LogP contribution >= 0.6 is 0 Å². The lowest BCUT2D eigenvalue weighted by atomic mass is 10.0. The number of pyridine rings is 1. The zero-order valence-electron chi connectivity index (χ0n) is 8.90. The molecule has 0 amide bonds. The minimum Gasteiger partial charge on any atom is -0.271 e. The van der Waals surface area contributed by atoms with Crippen molar-refractivity contribution in [1.29, 1.82) is 0 Å². The molecule has 1 atom stereocenters. The smallest absolute Gasteiger partial charge is 0.131 e. The van der Waals surface area contributed by atoms with E-state index in [1.165, 1.54) is 12.1 Å². The van der Waals surface area contributed by atoms with Gasteiger partial charge in [0.05, 0.1) is 11.7 Å². The lowest BCUT2D eigenvalue weighted by Crippen LogP contribution is -2.30. The van der Waals surface area contributed by atoms with Gasteiger partial charge in [0.15, 0.2) is 0 Å². The number of benzene rings is 1. The number of rotatable bonds is 3. The lowest BCUT2D eigenvalue weighted by molar-refractivity contribution is 0.536. The molecule has 1 unspecified atom stereocenters. The van der Waals surface area contributed by atoms with Crippen molar-refractivity contribution in [2.75, 3.05) is 0 Å². The maximum atomic E-state index is 13.6. The summed E-state index contributed by atoms with van der Waals surface area (Å²) in [5.41, 5.74) is 3.30. The molecule has 0 aliphatic rings. The zero-order valence-corrected chi connectivity index (χ0v) is 8.90. The summed E-state index contributed by atoms with van der Waals surface area (Å²) in [7, 11) is 0. The summed E-state index contributed by atoms with van der Waals surface area (Å²) in [4.78, 5) is 4.09. The summed E-state index contributed by atoms with van der Waals surface area (Å²) in [5.74, 6) is 4.12. The van der Waals surface area contributed by atoms with E-state index in [1.807, 2.05) is 0 Å². The molecule has 0 saturated heterocycles. The quantitative estimate of drug-likeness (QED) is 0.631. The first-order chi connectivity index (χ1) is 8.22. The fourth-order valence-corrected chi connectivity index (χ4v) is 1.62. The second kappa shape index (κ2) is 4.99. The number of hydrazine groups is 1. The number of nitrogens with two attached hydrogens (primary N) is 1. The molecule has 1 aromatic carbocycles. The number of halogens is 2. The molecule has 1 heterocycles. The van der Waals surface area contributed by atoms with Crippen LogP contribution in [0, 0.1) is 11.6 Å². The van der Waals surface area contributed by atoms with Crippen LogP contribution in [0.25, 0.3) is 0 Å². The Morgan fingerprint density at radius 1 is 1.18 bits per heavy atom. The molecule has 3 nitrogen and oxygen atoms in total. The van der Waals surface area contributed by atoms with Crippen LogP contribution in [0.2, 0.25) is 0 Å². The number of nitrogens with zero attached hydrogens (tertiary/aromatic N) is 1. The van der Waals surface area contributed by atoms with Gasteiger partial charge in [-0.05, 0) is 18.2 Å². The fraction of sp³-hybridized carbons (Fsp3) is 0.0833. The first-order valence-electron chi connectivity index (χ1n) is 5.04. The van der Waals surface area contributed by atoms with Crippen LogP contribution < -0.4 is 11.3 Å². The van der Waals surface area contributed by atoms with Crippen LogP contribution in [0.1, 0.15) is 17.3 Å². The van der Waals surface area contributed by atoms with Crippen LogP contribution in [0.15, 0.2) is 42.6 Å². The maximum Gasteiger partial charge on any atom is 0.131 e. The van der Waals surface area contributed by atoms with Crippen LogP contribution in [0.3, 0.4) is 0 Å². The molecule has 0 bridgehead atoms. The number of aromatic nitrogens is 1. The monoisotopic (exact) mass is 235 g/mol. The van der Waals surface area contributed by atoms with E-state index in [0.717, 1.165) is 6.07 Å². The van der Waals surface area contributed by atoms with Crippen LogP contribution in [0.5, 0.6) is 0 Å². The molecule has 0 saturated carbocycles. The molecule has 2 rings (SSSR count). The minimum absolute atomic E-state index is 0.257. The van der Waals surface area contributed by atoms with Crippen LogP contribution in [-0.4, -0.2) is 4.98 Å². The molecule has 0 aliphatic heterocycles. The van der Waals surface area contributed by atoms with Gasteiger partial charge in [-0.2, -0.15) is 0 Å². The van der Waals surface area contributed by atoms with Crippen molar-refractivity contribution in [2.45, 2.75) is 6.04 Å². The molecule has 88 valence electrons. The maximum absolute atomic E-state index is 13.6. The van der Waals surface area contributed by atoms with Crippen molar-refractivity contribution in [3.05, 3.63) is 65.5 Å².